The number of benzene rings is 1. The Balaban J connectivity index is 1.72. The van der Waals surface area contributed by atoms with E-state index in [-0.39, 0.29) is 24.0 Å². The van der Waals surface area contributed by atoms with Crippen molar-refractivity contribution < 1.29 is 9.90 Å². The first-order valence-corrected chi connectivity index (χ1v) is 8.77. The van der Waals surface area contributed by atoms with Crippen LogP contribution in [0, 0.1) is 5.41 Å². The van der Waals surface area contributed by atoms with Crippen LogP contribution in [0.25, 0.3) is 0 Å². The van der Waals surface area contributed by atoms with Crippen LogP contribution in [0.3, 0.4) is 0 Å². The highest BCUT2D eigenvalue weighted by molar-refractivity contribution is 5.74. The second-order valence-corrected chi connectivity index (χ2v) is 7.85. The minimum Gasteiger partial charge on any atom is -0.390 e. The van der Waals surface area contributed by atoms with Crippen molar-refractivity contribution in [3.05, 3.63) is 35.4 Å². The quantitative estimate of drug-likeness (QED) is 0.773. The van der Waals surface area contributed by atoms with E-state index in [2.05, 4.69) is 60.6 Å². The number of rotatable bonds is 5. The van der Waals surface area contributed by atoms with Crippen molar-refractivity contribution in [3.63, 3.8) is 0 Å². The maximum Gasteiger partial charge on any atom is 0.315 e. The van der Waals surface area contributed by atoms with Crippen LogP contribution in [0.5, 0.6) is 0 Å². The highest BCUT2D eigenvalue weighted by Gasteiger charge is 2.22. The Morgan fingerprint density at radius 1 is 1.29 bits per heavy atom. The van der Waals surface area contributed by atoms with E-state index in [4.69, 9.17) is 0 Å². The molecule has 1 aliphatic rings. The van der Waals surface area contributed by atoms with E-state index in [1.54, 1.807) is 0 Å². The molecule has 5 heteroatoms. The standard InChI is InChI=1S/C19H31N3O2/c1-14(19(2,3)4)21-18(24)20-11-17(23)13-22-10-9-15-7-5-6-8-16(15)12-22/h5-8,14,17,23H,9-13H2,1-4H3,(H2,20,21,24). The summed E-state index contributed by atoms with van der Waals surface area (Å²) in [6.07, 6.45) is 0.450. The lowest BCUT2D eigenvalue weighted by Gasteiger charge is -2.31. The summed E-state index contributed by atoms with van der Waals surface area (Å²) in [6.45, 7) is 10.9. The number of amides is 2. The molecule has 0 bridgehead atoms. The Morgan fingerprint density at radius 3 is 2.62 bits per heavy atom. The molecule has 0 aromatic heterocycles. The summed E-state index contributed by atoms with van der Waals surface area (Å²) in [4.78, 5) is 14.2. The fourth-order valence-electron chi connectivity index (χ4n) is 2.75. The molecule has 1 aromatic carbocycles. The number of hydrogen-bond acceptors (Lipinski definition) is 3. The monoisotopic (exact) mass is 333 g/mol. The second-order valence-electron chi connectivity index (χ2n) is 7.85. The van der Waals surface area contributed by atoms with Crippen molar-refractivity contribution >= 4 is 6.03 Å². The van der Waals surface area contributed by atoms with Gasteiger partial charge in [0.25, 0.3) is 0 Å². The van der Waals surface area contributed by atoms with Gasteiger partial charge in [-0.3, -0.25) is 4.90 Å². The van der Waals surface area contributed by atoms with E-state index in [0.29, 0.717) is 6.54 Å². The third-order valence-electron chi connectivity index (χ3n) is 4.82. The van der Waals surface area contributed by atoms with Gasteiger partial charge in [-0.2, -0.15) is 0 Å². The maximum absolute atomic E-state index is 11.9. The van der Waals surface area contributed by atoms with E-state index < -0.39 is 6.10 Å². The molecular weight excluding hydrogens is 302 g/mol. The molecule has 134 valence electrons. The molecule has 2 rings (SSSR count). The molecule has 0 saturated carbocycles. The van der Waals surface area contributed by atoms with E-state index in [0.717, 1.165) is 19.5 Å². The van der Waals surface area contributed by atoms with Crippen LogP contribution < -0.4 is 10.6 Å². The summed E-state index contributed by atoms with van der Waals surface area (Å²) in [5.41, 5.74) is 2.74. The first kappa shape index (κ1) is 18.7. The van der Waals surface area contributed by atoms with Crippen molar-refractivity contribution in [1.29, 1.82) is 0 Å². The molecule has 0 saturated heterocycles. The zero-order chi connectivity index (χ0) is 17.7. The number of urea groups is 1. The Kier molecular flexibility index (Phi) is 6.24. The maximum atomic E-state index is 11.9. The predicted octanol–water partition coefficient (Wildman–Crippen LogP) is 2.14. The molecule has 2 unspecified atom stereocenters. The highest BCUT2D eigenvalue weighted by atomic mass is 16.3. The summed E-state index contributed by atoms with van der Waals surface area (Å²) in [6, 6.07) is 8.29. The van der Waals surface area contributed by atoms with Crippen LogP contribution in [0.4, 0.5) is 4.79 Å². The molecule has 0 radical (unpaired) electrons. The Hall–Kier alpha value is -1.59. The van der Waals surface area contributed by atoms with Gasteiger partial charge < -0.3 is 15.7 Å². The lowest BCUT2D eigenvalue weighted by atomic mass is 9.88. The molecular formula is C19H31N3O2. The largest absolute Gasteiger partial charge is 0.390 e. The number of hydrogen-bond donors (Lipinski definition) is 3. The average molecular weight is 333 g/mol. The SMILES string of the molecule is CC(NC(=O)NCC(O)CN1CCc2ccccc2C1)C(C)(C)C. The van der Waals surface area contributed by atoms with E-state index in [9.17, 15) is 9.90 Å². The number of aliphatic hydroxyl groups excluding tert-OH is 1. The van der Waals surface area contributed by atoms with E-state index in [1.807, 2.05) is 6.92 Å². The predicted molar refractivity (Wildman–Crippen MR) is 96.9 cm³/mol. The molecule has 0 aliphatic carbocycles. The zero-order valence-corrected chi connectivity index (χ0v) is 15.3. The zero-order valence-electron chi connectivity index (χ0n) is 15.3. The summed E-state index contributed by atoms with van der Waals surface area (Å²) in [5, 5.41) is 15.9. The third kappa shape index (κ3) is 5.49. The van der Waals surface area contributed by atoms with Gasteiger partial charge >= 0.3 is 6.03 Å². The normalized spacial score (nSPS) is 17.7. The Morgan fingerprint density at radius 2 is 1.96 bits per heavy atom. The molecule has 0 fully saturated rings. The molecule has 5 nitrogen and oxygen atoms in total. The molecule has 3 N–H and O–H groups in total. The molecule has 1 aliphatic heterocycles. The fourth-order valence-corrected chi connectivity index (χ4v) is 2.75. The number of β-amino-alcohol motifs (C(OH)–C–C–N with tert-alkyl or cyclic N) is 1. The van der Waals surface area contributed by atoms with Crippen LogP contribution >= 0.6 is 0 Å². The number of nitrogens with zero attached hydrogens (tertiary/aromatic N) is 1. The molecule has 1 aromatic rings. The summed E-state index contributed by atoms with van der Waals surface area (Å²) in [5.74, 6) is 0. The second kappa shape index (κ2) is 7.99. The van der Waals surface area contributed by atoms with E-state index >= 15 is 0 Å². The average Bonchev–Trinajstić information content (AvgIpc) is 2.52. The molecule has 1 heterocycles. The van der Waals surface area contributed by atoms with Crippen molar-refractivity contribution in [1.82, 2.24) is 15.5 Å². The van der Waals surface area contributed by atoms with Gasteiger partial charge in [0.05, 0.1) is 6.10 Å². The van der Waals surface area contributed by atoms with Gasteiger partial charge in [0.2, 0.25) is 0 Å². The third-order valence-corrected chi connectivity index (χ3v) is 4.82. The van der Waals surface area contributed by atoms with Gasteiger partial charge in [0.15, 0.2) is 0 Å². The van der Waals surface area contributed by atoms with Crippen molar-refractivity contribution in [2.45, 2.75) is 52.8 Å². The molecule has 0 spiro atoms. The molecule has 2 atom stereocenters. The number of carbonyl (C=O) groups excluding carboxylic acids is 1. The number of aliphatic hydroxyl groups is 1. The van der Waals surface area contributed by atoms with Gasteiger partial charge in [0.1, 0.15) is 0 Å². The summed E-state index contributed by atoms with van der Waals surface area (Å²) < 4.78 is 0. The molecule has 24 heavy (non-hydrogen) atoms. The van der Waals surface area contributed by atoms with Crippen LogP contribution in [-0.2, 0) is 13.0 Å². The van der Waals surface area contributed by atoms with Crippen LogP contribution in [0.1, 0.15) is 38.8 Å². The number of nitrogens with one attached hydrogen (secondary N) is 2. The van der Waals surface area contributed by atoms with Crippen molar-refractivity contribution in [2.24, 2.45) is 5.41 Å². The van der Waals surface area contributed by atoms with Gasteiger partial charge in [-0.15, -0.1) is 0 Å². The van der Waals surface area contributed by atoms with Crippen molar-refractivity contribution in [2.75, 3.05) is 19.6 Å². The minimum atomic E-state index is -0.564. The lowest BCUT2D eigenvalue weighted by Crippen LogP contribution is -2.49. The number of carbonyl (C=O) groups is 1. The first-order chi connectivity index (χ1) is 11.3. The number of fused-ring (bicyclic) bond motifs is 1. The van der Waals surface area contributed by atoms with Crippen molar-refractivity contribution in [3.8, 4) is 0 Å². The Labute approximate surface area is 145 Å². The first-order valence-electron chi connectivity index (χ1n) is 8.77. The van der Waals surface area contributed by atoms with Gasteiger partial charge in [-0.05, 0) is 29.9 Å². The molecule has 2 amide bonds. The lowest BCUT2D eigenvalue weighted by molar-refractivity contribution is 0.105. The van der Waals surface area contributed by atoms with Gasteiger partial charge in [0, 0.05) is 32.2 Å². The summed E-state index contributed by atoms with van der Waals surface area (Å²) >= 11 is 0. The summed E-state index contributed by atoms with van der Waals surface area (Å²) in [7, 11) is 0. The van der Waals surface area contributed by atoms with E-state index in [1.165, 1.54) is 11.1 Å². The topological polar surface area (TPSA) is 64.6 Å². The fraction of sp³-hybridized carbons (Fsp3) is 0.632. The van der Waals surface area contributed by atoms with Crippen LogP contribution in [-0.4, -0.2) is 47.8 Å². The minimum absolute atomic E-state index is 0.0111. The Bertz CT molecular complexity index is 554. The van der Waals surface area contributed by atoms with Crippen LogP contribution in [0.2, 0.25) is 0 Å². The van der Waals surface area contributed by atoms with Crippen LogP contribution in [0.15, 0.2) is 24.3 Å². The smallest absolute Gasteiger partial charge is 0.315 e. The van der Waals surface area contributed by atoms with Gasteiger partial charge in [-0.25, -0.2) is 4.79 Å². The van der Waals surface area contributed by atoms with Gasteiger partial charge in [-0.1, -0.05) is 45.0 Å². The highest BCUT2D eigenvalue weighted by Crippen LogP contribution is 2.19.